The van der Waals surface area contributed by atoms with Crippen molar-refractivity contribution in [2.24, 2.45) is 0 Å². The average Bonchev–Trinajstić information content (AvgIpc) is 3.77. The van der Waals surface area contributed by atoms with Crippen LogP contribution in [0.25, 0.3) is 0 Å². The summed E-state index contributed by atoms with van der Waals surface area (Å²) in [6.07, 6.45) is 55.2. The Labute approximate surface area is 448 Å². The van der Waals surface area contributed by atoms with Crippen molar-refractivity contribution >= 4 is 17.9 Å². The van der Waals surface area contributed by atoms with Gasteiger partial charge in [-0.2, -0.15) is 0 Å². The number of allylic oxidation sites excluding steroid dienone is 6. The fourth-order valence-corrected chi connectivity index (χ4v) is 9.40. The summed E-state index contributed by atoms with van der Waals surface area (Å²) in [5, 5.41) is 19.8. The molecule has 5 atom stereocenters. The molecule has 1 aliphatic rings. The van der Waals surface area contributed by atoms with Gasteiger partial charge < -0.3 is 33.9 Å². The van der Waals surface area contributed by atoms with E-state index in [9.17, 15) is 24.6 Å². The second kappa shape index (κ2) is 52.9. The van der Waals surface area contributed by atoms with Gasteiger partial charge in [0.05, 0.1) is 19.8 Å². The smallest absolute Gasteiger partial charge is 0.306 e. The first-order valence-electron chi connectivity index (χ1n) is 30.9. The number of esters is 3. The lowest BCUT2D eigenvalue weighted by molar-refractivity contribution is -0.175. The van der Waals surface area contributed by atoms with Gasteiger partial charge in [0.25, 0.3) is 0 Å². The van der Waals surface area contributed by atoms with E-state index in [2.05, 4.69) is 57.2 Å². The molecule has 1 aliphatic heterocycles. The van der Waals surface area contributed by atoms with Gasteiger partial charge in [0.15, 0.2) is 12.2 Å². The SMILES string of the molecule is CCCCCCCCC=CCCCCCCCC(=O)OC[C@@H](OCC(O)CO)[C@H]1OC[C@H](OC(=O)CCCCCCCC=CCCCCCCCC)[C@H]1OC(=O)CCCCCCCC=CCCCCCCCC. The highest BCUT2D eigenvalue weighted by atomic mass is 16.6. The van der Waals surface area contributed by atoms with E-state index in [0.29, 0.717) is 19.3 Å². The average molecular weight is 1030 g/mol. The van der Waals surface area contributed by atoms with Gasteiger partial charge >= 0.3 is 17.9 Å². The first kappa shape index (κ1) is 68.5. The number of hydrogen-bond donors (Lipinski definition) is 2. The van der Waals surface area contributed by atoms with E-state index in [1.807, 2.05) is 0 Å². The number of rotatable bonds is 54. The van der Waals surface area contributed by atoms with Crippen molar-refractivity contribution in [1.29, 1.82) is 0 Å². The number of unbranched alkanes of at least 4 members (excludes halogenated alkanes) is 33. The van der Waals surface area contributed by atoms with Crippen LogP contribution in [0.4, 0.5) is 0 Å². The Bertz CT molecular complexity index is 1330. The minimum absolute atomic E-state index is 0.0145. The van der Waals surface area contributed by atoms with E-state index in [1.165, 1.54) is 135 Å². The molecule has 0 saturated carbocycles. The first-order chi connectivity index (χ1) is 35.9. The summed E-state index contributed by atoms with van der Waals surface area (Å²) in [5.74, 6) is -1.15. The second-order valence-corrected chi connectivity index (χ2v) is 21.2. The number of carbonyl (C=O) groups is 3. The van der Waals surface area contributed by atoms with Crippen molar-refractivity contribution in [3.8, 4) is 0 Å². The van der Waals surface area contributed by atoms with Crippen LogP contribution >= 0.6 is 0 Å². The molecule has 426 valence electrons. The van der Waals surface area contributed by atoms with E-state index in [-0.39, 0.29) is 51.0 Å². The summed E-state index contributed by atoms with van der Waals surface area (Å²) in [5.41, 5.74) is 0. The minimum Gasteiger partial charge on any atom is -0.463 e. The number of aliphatic hydroxyl groups excluding tert-OH is 2. The number of ether oxygens (including phenoxy) is 5. The molecule has 2 N–H and O–H groups in total. The quantitative estimate of drug-likeness (QED) is 0.0262. The Morgan fingerprint density at radius 1 is 0.452 bits per heavy atom. The zero-order valence-electron chi connectivity index (χ0n) is 47.5. The highest BCUT2D eigenvalue weighted by Gasteiger charge is 2.47. The van der Waals surface area contributed by atoms with Crippen LogP contribution in [0.1, 0.15) is 290 Å². The first-order valence-corrected chi connectivity index (χ1v) is 30.9. The Kier molecular flexibility index (Phi) is 49.6. The van der Waals surface area contributed by atoms with Gasteiger partial charge in [0.1, 0.15) is 24.9 Å². The van der Waals surface area contributed by atoms with Crippen molar-refractivity contribution in [2.75, 3.05) is 26.4 Å². The largest absolute Gasteiger partial charge is 0.463 e. The molecule has 1 heterocycles. The summed E-state index contributed by atoms with van der Waals surface area (Å²) >= 11 is 0. The predicted molar refractivity (Wildman–Crippen MR) is 302 cm³/mol. The van der Waals surface area contributed by atoms with Crippen LogP contribution in [0.5, 0.6) is 0 Å². The summed E-state index contributed by atoms with van der Waals surface area (Å²) in [7, 11) is 0. The normalized spacial score (nSPS) is 16.8. The summed E-state index contributed by atoms with van der Waals surface area (Å²) in [6, 6.07) is 0. The Morgan fingerprint density at radius 2 is 0.781 bits per heavy atom. The summed E-state index contributed by atoms with van der Waals surface area (Å²) in [4.78, 5) is 39.6. The lowest BCUT2D eigenvalue weighted by atomic mass is 10.1. The van der Waals surface area contributed by atoms with Gasteiger partial charge in [-0.05, 0) is 96.3 Å². The van der Waals surface area contributed by atoms with Crippen molar-refractivity contribution in [2.45, 2.75) is 321 Å². The molecule has 0 bridgehead atoms. The fraction of sp³-hybridized carbons (Fsp3) is 0.857. The zero-order chi connectivity index (χ0) is 52.9. The lowest BCUT2D eigenvalue weighted by Crippen LogP contribution is -2.47. The molecule has 0 radical (unpaired) electrons. The van der Waals surface area contributed by atoms with Crippen LogP contribution in [0.2, 0.25) is 0 Å². The fourth-order valence-electron chi connectivity index (χ4n) is 9.40. The van der Waals surface area contributed by atoms with Gasteiger partial charge in [-0.3, -0.25) is 14.4 Å². The van der Waals surface area contributed by atoms with Gasteiger partial charge in [0.2, 0.25) is 0 Å². The topological polar surface area (TPSA) is 138 Å². The Hall–Kier alpha value is -2.53. The second-order valence-electron chi connectivity index (χ2n) is 21.2. The molecule has 73 heavy (non-hydrogen) atoms. The monoisotopic (exact) mass is 1030 g/mol. The van der Waals surface area contributed by atoms with Crippen molar-refractivity contribution < 1.29 is 48.3 Å². The van der Waals surface area contributed by atoms with Crippen LogP contribution in [0, 0.1) is 0 Å². The van der Waals surface area contributed by atoms with Gasteiger partial charge in [-0.25, -0.2) is 0 Å². The zero-order valence-corrected chi connectivity index (χ0v) is 47.5. The highest BCUT2D eigenvalue weighted by molar-refractivity contribution is 5.71. The molecular formula is C63H114O10. The molecule has 0 aromatic carbocycles. The minimum atomic E-state index is -1.17. The van der Waals surface area contributed by atoms with Gasteiger partial charge in [-0.1, -0.05) is 211 Å². The molecule has 0 aromatic rings. The molecule has 1 fully saturated rings. The van der Waals surface area contributed by atoms with Crippen LogP contribution in [-0.4, -0.2) is 85.1 Å². The standard InChI is InChI=1S/C63H114O10/c1-4-7-10-13-16-19-22-25-28-31-34-37-40-43-46-49-59(66)70-54-57(69-53-56(65)52-64)62-63(73-61(68)51-48-45-42-39-36-33-30-27-24-21-18-15-12-9-6-3)58(55-71-62)72-60(67)50-47-44-41-38-35-32-29-26-23-20-17-14-11-8-5-2/h25-30,56-58,62-65H,4-24,31-55H2,1-3H3/t56?,57-,58+,62-,63-/m1/s1. The van der Waals surface area contributed by atoms with E-state index < -0.39 is 43.1 Å². The highest BCUT2D eigenvalue weighted by Crippen LogP contribution is 2.28. The molecule has 10 nitrogen and oxygen atoms in total. The van der Waals surface area contributed by atoms with E-state index >= 15 is 0 Å². The Balaban J connectivity index is 2.68. The maximum atomic E-state index is 13.4. The molecule has 0 amide bonds. The van der Waals surface area contributed by atoms with E-state index in [0.717, 1.165) is 96.3 Å². The molecule has 1 unspecified atom stereocenters. The van der Waals surface area contributed by atoms with Crippen molar-refractivity contribution in [1.82, 2.24) is 0 Å². The molecule has 1 saturated heterocycles. The molecule has 0 spiro atoms. The van der Waals surface area contributed by atoms with E-state index in [1.54, 1.807) is 0 Å². The maximum Gasteiger partial charge on any atom is 0.306 e. The van der Waals surface area contributed by atoms with Crippen molar-refractivity contribution in [3.63, 3.8) is 0 Å². The molecule has 10 heteroatoms. The third-order valence-electron chi connectivity index (χ3n) is 14.1. The van der Waals surface area contributed by atoms with Crippen LogP contribution in [-0.2, 0) is 38.1 Å². The van der Waals surface area contributed by atoms with Crippen LogP contribution in [0.3, 0.4) is 0 Å². The van der Waals surface area contributed by atoms with E-state index in [4.69, 9.17) is 23.7 Å². The van der Waals surface area contributed by atoms with Gasteiger partial charge in [0, 0.05) is 19.3 Å². The third-order valence-corrected chi connectivity index (χ3v) is 14.1. The summed E-state index contributed by atoms with van der Waals surface area (Å²) in [6.45, 7) is 5.78. The number of hydrogen-bond acceptors (Lipinski definition) is 10. The molecule has 1 rings (SSSR count). The van der Waals surface area contributed by atoms with Gasteiger partial charge in [-0.15, -0.1) is 0 Å². The Morgan fingerprint density at radius 3 is 1.15 bits per heavy atom. The number of carbonyl (C=O) groups excluding carboxylic acids is 3. The molecular weight excluding hydrogens is 917 g/mol. The molecule has 0 aromatic heterocycles. The number of aliphatic hydroxyl groups is 2. The predicted octanol–water partition coefficient (Wildman–Crippen LogP) is 16.6. The lowest BCUT2D eigenvalue weighted by Gasteiger charge is -2.29. The maximum absolute atomic E-state index is 13.4. The summed E-state index contributed by atoms with van der Waals surface area (Å²) < 4.78 is 29.9. The van der Waals surface area contributed by atoms with Crippen LogP contribution in [0.15, 0.2) is 36.5 Å². The molecule has 0 aliphatic carbocycles. The van der Waals surface area contributed by atoms with Crippen LogP contribution < -0.4 is 0 Å². The van der Waals surface area contributed by atoms with Crippen molar-refractivity contribution in [3.05, 3.63) is 36.5 Å². The third kappa shape index (κ3) is 43.3.